The van der Waals surface area contributed by atoms with Crippen LogP contribution < -0.4 is 4.90 Å². The molecule has 1 fully saturated rings. The lowest BCUT2D eigenvalue weighted by Crippen LogP contribution is -2.34. The molecule has 0 spiro atoms. The maximum Gasteiger partial charge on any atom is 0.227 e. The molecular formula is C18H20N6O. The van der Waals surface area contributed by atoms with Crippen LogP contribution in [-0.2, 0) is 6.42 Å². The molecule has 1 aliphatic rings. The van der Waals surface area contributed by atoms with Crippen LogP contribution in [0.3, 0.4) is 0 Å². The Kier molecular flexibility index (Phi) is 4.37. The molecule has 0 unspecified atom stereocenters. The van der Waals surface area contributed by atoms with Crippen LogP contribution in [0.15, 0.2) is 41.3 Å². The van der Waals surface area contributed by atoms with E-state index in [1.54, 1.807) is 12.4 Å². The van der Waals surface area contributed by atoms with Crippen LogP contribution in [0.5, 0.6) is 0 Å². The molecule has 3 aromatic rings. The number of hydrogen-bond donors (Lipinski definition) is 0. The molecule has 4 heterocycles. The Balaban J connectivity index is 1.36. The molecule has 7 heteroatoms. The Bertz CT molecular complexity index is 826. The molecule has 0 bridgehead atoms. The summed E-state index contributed by atoms with van der Waals surface area (Å²) in [6, 6.07) is 5.81. The molecule has 3 aromatic heterocycles. The molecule has 0 aliphatic carbocycles. The van der Waals surface area contributed by atoms with Gasteiger partial charge in [0.15, 0.2) is 0 Å². The third kappa shape index (κ3) is 3.65. The molecule has 25 heavy (non-hydrogen) atoms. The van der Waals surface area contributed by atoms with E-state index in [1.807, 2.05) is 31.3 Å². The molecule has 1 aliphatic heterocycles. The van der Waals surface area contributed by atoms with Gasteiger partial charge < -0.3 is 9.42 Å². The molecule has 4 rings (SSSR count). The first kappa shape index (κ1) is 15.7. The standard InChI is InChI=1S/C18H20N6O/c1-13-3-2-4-15(21-13)18-22-17(25-23-18)11-14-5-9-24(10-6-14)16-12-19-7-8-20-16/h2-4,7-8,12,14H,5-6,9-11H2,1H3. The minimum Gasteiger partial charge on any atom is -0.355 e. The summed E-state index contributed by atoms with van der Waals surface area (Å²) in [7, 11) is 0. The van der Waals surface area contributed by atoms with Gasteiger partial charge in [0.2, 0.25) is 11.7 Å². The first-order chi connectivity index (χ1) is 12.3. The summed E-state index contributed by atoms with van der Waals surface area (Å²) >= 11 is 0. The molecular weight excluding hydrogens is 316 g/mol. The largest absolute Gasteiger partial charge is 0.355 e. The Labute approximate surface area is 146 Å². The van der Waals surface area contributed by atoms with Crippen molar-refractivity contribution in [1.82, 2.24) is 25.1 Å². The molecule has 0 saturated carbocycles. The maximum absolute atomic E-state index is 5.44. The average Bonchev–Trinajstić information content (AvgIpc) is 3.12. The number of anilines is 1. The van der Waals surface area contributed by atoms with Crippen molar-refractivity contribution in [2.45, 2.75) is 26.2 Å². The predicted molar refractivity (Wildman–Crippen MR) is 92.9 cm³/mol. The minimum absolute atomic E-state index is 0.548. The van der Waals surface area contributed by atoms with Crippen LogP contribution in [0.4, 0.5) is 5.82 Å². The molecule has 128 valence electrons. The van der Waals surface area contributed by atoms with E-state index in [9.17, 15) is 0 Å². The Morgan fingerprint density at radius 2 is 2.04 bits per heavy atom. The Morgan fingerprint density at radius 1 is 1.16 bits per heavy atom. The number of aryl methyl sites for hydroxylation is 1. The quantitative estimate of drug-likeness (QED) is 0.724. The number of aromatic nitrogens is 5. The van der Waals surface area contributed by atoms with Gasteiger partial charge in [-0.15, -0.1) is 0 Å². The van der Waals surface area contributed by atoms with Gasteiger partial charge in [0.1, 0.15) is 11.5 Å². The Hall–Kier alpha value is -2.83. The zero-order valence-electron chi connectivity index (χ0n) is 14.2. The molecule has 0 aromatic carbocycles. The van der Waals surface area contributed by atoms with E-state index in [1.165, 1.54) is 0 Å². The van der Waals surface area contributed by atoms with Crippen molar-refractivity contribution in [3.8, 4) is 11.5 Å². The van der Waals surface area contributed by atoms with E-state index >= 15 is 0 Å². The normalized spacial score (nSPS) is 15.5. The lowest BCUT2D eigenvalue weighted by Gasteiger charge is -2.31. The molecule has 0 N–H and O–H groups in total. The van der Waals surface area contributed by atoms with E-state index < -0.39 is 0 Å². The molecule has 0 radical (unpaired) electrons. The second-order valence-corrected chi connectivity index (χ2v) is 6.37. The van der Waals surface area contributed by atoms with Gasteiger partial charge in [-0.2, -0.15) is 4.98 Å². The lowest BCUT2D eigenvalue weighted by molar-refractivity contribution is 0.324. The predicted octanol–water partition coefficient (Wildman–Crippen LogP) is 2.69. The highest BCUT2D eigenvalue weighted by Gasteiger charge is 2.22. The second-order valence-electron chi connectivity index (χ2n) is 6.37. The summed E-state index contributed by atoms with van der Waals surface area (Å²) in [6.45, 7) is 3.91. The van der Waals surface area contributed by atoms with Crippen LogP contribution in [0.1, 0.15) is 24.4 Å². The van der Waals surface area contributed by atoms with E-state index in [0.29, 0.717) is 17.6 Å². The van der Waals surface area contributed by atoms with Gasteiger partial charge in [-0.05, 0) is 37.8 Å². The number of nitrogens with zero attached hydrogens (tertiary/aromatic N) is 6. The van der Waals surface area contributed by atoms with E-state index in [4.69, 9.17) is 4.52 Å². The summed E-state index contributed by atoms with van der Waals surface area (Å²) in [5, 5.41) is 4.08. The van der Waals surface area contributed by atoms with Gasteiger partial charge in [-0.3, -0.25) is 4.98 Å². The van der Waals surface area contributed by atoms with Crippen LogP contribution in [-0.4, -0.2) is 38.2 Å². The first-order valence-corrected chi connectivity index (χ1v) is 8.55. The van der Waals surface area contributed by atoms with E-state index in [0.717, 1.165) is 49.6 Å². The van der Waals surface area contributed by atoms with E-state index in [2.05, 4.69) is 30.0 Å². The highest BCUT2D eigenvalue weighted by Crippen LogP contribution is 2.24. The monoisotopic (exact) mass is 336 g/mol. The van der Waals surface area contributed by atoms with Crippen molar-refractivity contribution in [2.24, 2.45) is 5.92 Å². The summed E-state index contributed by atoms with van der Waals surface area (Å²) in [5.74, 6) is 2.75. The maximum atomic E-state index is 5.44. The summed E-state index contributed by atoms with van der Waals surface area (Å²) in [4.78, 5) is 19.7. The van der Waals surface area contributed by atoms with Crippen molar-refractivity contribution in [3.63, 3.8) is 0 Å². The van der Waals surface area contributed by atoms with Crippen LogP contribution in [0, 0.1) is 12.8 Å². The van der Waals surface area contributed by atoms with Gasteiger partial charge in [-0.1, -0.05) is 11.2 Å². The van der Waals surface area contributed by atoms with Crippen LogP contribution in [0.2, 0.25) is 0 Å². The van der Waals surface area contributed by atoms with Gasteiger partial charge in [0.25, 0.3) is 0 Å². The highest BCUT2D eigenvalue weighted by atomic mass is 16.5. The third-order valence-electron chi connectivity index (χ3n) is 4.54. The van der Waals surface area contributed by atoms with Crippen LogP contribution >= 0.6 is 0 Å². The average molecular weight is 336 g/mol. The van der Waals surface area contributed by atoms with Crippen LogP contribution in [0.25, 0.3) is 11.5 Å². The van der Waals surface area contributed by atoms with Crippen molar-refractivity contribution in [1.29, 1.82) is 0 Å². The fourth-order valence-corrected chi connectivity index (χ4v) is 3.18. The fraction of sp³-hybridized carbons (Fsp3) is 0.389. The highest BCUT2D eigenvalue weighted by molar-refractivity contribution is 5.48. The van der Waals surface area contributed by atoms with Crippen molar-refractivity contribution in [2.75, 3.05) is 18.0 Å². The number of rotatable bonds is 4. The molecule has 0 atom stereocenters. The van der Waals surface area contributed by atoms with Crippen molar-refractivity contribution >= 4 is 5.82 Å². The number of piperidine rings is 1. The SMILES string of the molecule is Cc1cccc(-c2noc(CC3CCN(c4cnccn4)CC3)n2)n1. The lowest BCUT2D eigenvalue weighted by atomic mass is 9.93. The summed E-state index contributed by atoms with van der Waals surface area (Å²) in [5.41, 5.74) is 1.70. The minimum atomic E-state index is 0.548. The summed E-state index contributed by atoms with van der Waals surface area (Å²) < 4.78 is 5.44. The number of pyridine rings is 1. The topological polar surface area (TPSA) is 80.8 Å². The number of hydrogen-bond acceptors (Lipinski definition) is 7. The van der Waals surface area contributed by atoms with Gasteiger partial charge in [0, 0.05) is 37.6 Å². The van der Waals surface area contributed by atoms with Crippen molar-refractivity contribution in [3.05, 3.63) is 48.4 Å². The Morgan fingerprint density at radius 3 is 2.80 bits per heavy atom. The zero-order valence-corrected chi connectivity index (χ0v) is 14.2. The van der Waals surface area contributed by atoms with Gasteiger partial charge in [-0.25, -0.2) is 9.97 Å². The zero-order chi connectivity index (χ0) is 17.1. The molecule has 7 nitrogen and oxygen atoms in total. The van der Waals surface area contributed by atoms with Gasteiger partial charge >= 0.3 is 0 Å². The molecule has 0 amide bonds. The van der Waals surface area contributed by atoms with Gasteiger partial charge in [0.05, 0.1) is 6.20 Å². The first-order valence-electron chi connectivity index (χ1n) is 8.55. The van der Waals surface area contributed by atoms with E-state index in [-0.39, 0.29) is 0 Å². The second kappa shape index (κ2) is 6.96. The third-order valence-corrected chi connectivity index (χ3v) is 4.54. The van der Waals surface area contributed by atoms with Crippen molar-refractivity contribution < 1.29 is 4.52 Å². The summed E-state index contributed by atoms with van der Waals surface area (Å²) in [6.07, 6.45) is 8.23. The smallest absolute Gasteiger partial charge is 0.227 e. The molecule has 1 saturated heterocycles. The fourth-order valence-electron chi connectivity index (χ4n) is 3.18.